The van der Waals surface area contributed by atoms with Gasteiger partial charge in [0.15, 0.2) is 0 Å². The minimum absolute atomic E-state index is 0.290. The third kappa shape index (κ3) is 4.96. The van der Waals surface area contributed by atoms with Crippen LogP contribution in [0.5, 0.6) is 0 Å². The molecular formula is C22H20ClN3O2. The highest BCUT2D eigenvalue weighted by atomic mass is 35.5. The van der Waals surface area contributed by atoms with Crippen LogP contribution in [0.4, 0.5) is 5.69 Å². The van der Waals surface area contributed by atoms with Gasteiger partial charge in [-0.2, -0.15) is 0 Å². The fourth-order valence-corrected chi connectivity index (χ4v) is 2.85. The Hall–Kier alpha value is -3.18. The number of hydrogen-bond acceptors (Lipinski definition) is 3. The van der Waals surface area contributed by atoms with Crippen LogP contribution in [0, 0.1) is 13.8 Å². The lowest BCUT2D eigenvalue weighted by atomic mass is 10.1. The van der Waals surface area contributed by atoms with Crippen molar-refractivity contribution in [1.29, 1.82) is 0 Å². The molecule has 1 aromatic heterocycles. The molecule has 0 radical (unpaired) electrons. The number of aromatic nitrogens is 1. The Labute approximate surface area is 168 Å². The average Bonchev–Trinajstić information content (AvgIpc) is 2.69. The molecule has 6 heteroatoms. The van der Waals surface area contributed by atoms with Gasteiger partial charge in [-0.3, -0.25) is 14.6 Å². The Morgan fingerprint density at radius 1 is 0.964 bits per heavy atom. The molecule has 2 aromatic carbocycles. The third-order valence-corrected chi connectivity index (χ3v) is 4.64. The largest absolute Gasteiger partial charge is 0.348 e. The van der Waals surface area contributed by atoms with Crippen LogP contribution in [-0.4, -0.2) is 16.8 Å². The van der Waals surface area contributed by atoms with E-state index in [-0.39, 0.29) is 11.8 Å². The number of nitrogens with one attached hydrogen (secondary N) is 2. The summed E-state index contributed by atoms with van der Waals surface area (Å²) in [6.07, 6.45) is 2.85. The van der Waals surface area contributed by atoms with Gasteiger partial charge in [-0.15, -0.1) is 0 Å². The fraction of sp³-hybridized carbons (Fsp3) is 0.136. The lowest BCUT2D eigenvalue weighted by molar-refractivity contribution is 0.0950. The number of halogens is 1. The molecule has 142 valence electrons. The zero-order valence-electron chi connectivity index (χ0n) is 15.6. The summed E-state index contributed by atoms with van der Waals surface area (Å²) in [5, 5.41) is 6.17. The summed E-state index contributed by atoms with van der Waals surface area (Å²) in [5.41, 5.74) is 4.25. The number of rotatable bonds is 5. The Kier molecular flexibility index (Phi) is 6.06. The Morgan fingerprint density at radius 2 is 1.71 bits per heavy atom. The molecule has 0 aliphatic rings. The zero-order chi connectivity index (χ0) is 20.1. The average molecular weight is 394 g/mol. The molecule has 0 bridgehead atoms. The number of amides is 2. The highest BCUT2D eigenvalue weighted by Gasteiger charge is 2.12. The quantitative estimate of drug-likeness (QED) is 0.668. The van der Waals surface area contributed by atoms with E-state index in [1.54, 1.807) is 12.1 Å². The maximum atomic E-state index is 12.5. The van der Waals surface area contributed by atoms with E-state index in [4.69, 9.17) is 11.6 Å². The molecule has 3 aromatic rings. The lowest BCUT2D eigenvalue weighted by Crippen LogP contribution is -2.23. The van der Waals surface area contributed by atoms with Crippen LogP contribution in [0.3, 0.4) is 0 Å². The number of pyridine rings is 1. The molecule has 0 atom stereocenters. The van der Waals surface area contributed by atoms with Crippen LogP contribution in [0.15, 0.2) is 60.9 Å². The van der Waals surface area contributed by atoms with Crippen molar-refractivity contribution in [1.82, 2.24) is 10.3 Å². The van der Waals surface area contributed by atoms with Crippen LogP contribution in [-0.2, 0) is 6.54 Å². The Morgan fingerprint density at radius 3 is 2.43 bits per heavy atom. The van der Waals surface area contributed by atoms with E-state index in [0.29, 0.717) is 28.4 Å². The van der Waals surface area contributed by atoms with Gasteiger partial charge in [-0.1, -0.05) is 47.5 Å². The second-order valence-corrected chi connectivity index (χ2v) is 6.96. The van der Waals surface area contributed by atoms with E-state index in [9.17, 15) is 9.59 Å². The number of carbonyl (C=O) groups is 2. The van der Waals surface area contributed by atoms with Crippen molar-refractivity contribution in [2.45, 2.75) is 20.4 Å². The second kappa shape index (κ2) is 8.67. The standard InChI is InChI=1S/C22H20ClN3O2/c1-14-4-3-5-16(8-14)11-25-21(27)17-9-18(13-24-12-17)22(28)26-19-7-6-15(2)20(23)10-19/h3-10,12-13H,11H2,1-2H3,(H,25,27)(H,26,28). The number of nitrogens with zero attached hydrogens (tertiary/aromatic N) is 1. The van der Waals surface area contributed by atoms with Crippen LogP contribution >= 0.6 is 11.6 Å². The fourth-order valence-electron chi connectivity index (χ4n) is 2.67. The van der Waals surface area contributed by atoms with Crippen LogP contribution in [0.25, 0.3) is 0 Å². The molecule has 0 fully saturated rings. The van der Waals surface area contributed by atoms with E-state index >= 15 is 0 Å². The van der Waals surface area contributed by atoms with Crippen molar-refractivity contribution in [3.8, 4) is 0 Å². The monoisotopic (exact) mass is 393 g/mol. The van der Waals surface area contributed by atoms with Gasteiger partial charge in [0, 0.05) is 29.6 Å². The van der Waals surface area contributed by atoms with Gasteiger partial charge in [-0.05, 0) is 43.2 Å². The Bertz CT molecular complexity index is 1030. The molecule has 5 nitrogen and oxygen atoms in total. The van der Waals surface area contributed by atoms with Gasteiger partial charge in [0.25, 0.3) is 11.8 Å². The molecule has 0 aliphatic carbocycles. The molecule has 3 rings (SSSR count). The first-order valence-electron chi connectivity index (χ1n) is 8.78. The summed E-state index contributed by atoms with van der Waals surface area (Å²) >= 11 is 6.09. The number of hydrogen-bond donors (Lipinski definition) is 2. The second-order valence-electron chi connectivity index (χ2n) is 6.55. The van der Waals surface area contributed by atoms with E-state index in [2.05, 4.69) is 15.6 Å². The number of anilines is 1. The SMILES string of the molecule is Cc1cccc(CNC(=O)c2cncc(C(=O)Nc3ccc(C)c(Cl)c3)c2)c1. The van der Waals surface area contributed by atoms with Crippen molar-refractivity contribution in [3.63, 3.8) is 0 Å². The van der Waals surface area contributed by atoms with Crippen LogP contribution in [0.1, 0.15) is 37.4 Å². The number of carbonyl (C=O) groups excluding carboxylic acids is 2. The molecule has 1 heterocycles. The Balaban J connectivity index is 1.67. The van der Waals surface area contributed by atoms with Crippen molar-refractivity contribution in [3.05, 3.63) is 93.8 Å². The van der Waals surface area contributed by atoms with E-state index < -0.39 is 0 Å². The number of aryl methyl sites for hydroxylation is 2. The predicted octanol–water partition coefficient (Wildman–Crippen LogP) is 4.53. The molecule has 2 amide bonds. The summed E-state index contributed by atoms with van der Waals surface area (Å²) in [7, 11) is 0. The van der Waals surface area contributed by atoms with Gasteiger partial charge in [0.05, 0.1) is 11.1 Å². The first-order valence-corrected chi connectivity index (χ1v) is 9.16. The molecular weight excluding hydrogens is 374 g/mol. The van der Waals surface area contributed by atoms with Crippen molar-refractivity contribution >= 4 is 29.1 Å². The van der Waals surface area contributed by atoms with Crippen molar-refractivity contribution in [2.75, 3.05) is 5.32 Å². The molecule has 0 spiro atoms. The molecule has 0 saturated heterocycles. The highest BCUT2D eigenvalue weighted by Crippen LogP contribution is 2.20. The van der Waals surface area contributed by atoms with Gasteiger partial charge < -0.3 is 10.6 Å². The van der Waals surface area contributed by atoms with E-state index in [0.717, 1.165) is 16.7 Å². The van der Waals surface area contributed by atoms with Gasteiger partial charge >= 0.3 is 0 Å². The maximum Gasteiger partial charge on any atom is 0.257 e. The molecule has 2 N–H and O–H groups in total. The number of benzene rings is 2. The summed E-state index contributed by atoms with van der Waals surface area (Å²) < 4.78 is 0. The minimum atomic E-state index is -0.360. The summed E-state index contributed by atoms with van der Waals surface area (Å²) in [6.45, 7) is 4.29. The molecule has 28 heavy (non-hydrogen) atoms. The maximum absolute atomic E-state index is 12.5. The lowest BCUT2D eigenvalue weighted by Gasteiger charge is -2.09. The van der Waals surface area contributed by atoms with Gasteiger partial charge in [0.1, 0.15) is 0 Å². The smallest absolute Gasteiger partial charge is 0.257 e. The van der Waals surface area contributed by atoms with Gasteiger partial charge in [-0.25, -0.2) is 0 Å². The normalized spacial score (nSPS) is 10.4. The third-order valence-electron chi connectivity index (χ3n) is 4.23. The highest BCUT2D eigenvalue weighted by molar-refractivity contribution is 6.31. The predicted molar refractivity (Wildman–Crippen MR) is 111 cm³/mol. The first-order chi connectivity index (χ1) is 13.4. The molecule has 0 aliphatic heterocycles. The molecule has 0 unspecified atom stereocenters. The molecule has 0 saturated carbocycles. The summed E-state index contributed by atoms with van der Waals surface area (Å²) in [5.74, 6) is -0.650. The van der Waals surface area contributed by atoms with Gasteiger partial charge in [0.2, 0.25) is 0 Å². The van der Waals surface area contributed by atoms with Crippen LogP contribution < -0.4 is 10.6 Å². The minimum Gasteiger partial charge on any atom is -0.348 e. The van der Waals surface area contributed by atoms with E-state index in [1.165, 1.54) is 18.5 Å². The topological polar surface area (TPSA) is 71.1 Å². The van der Waals surface area contributed by atoms with Crippen molar-refractivity contribution < 1.29 is 9.59 Å². The first kappa shape index (κ1) is 19.6. The van der Waals surface area contributed by atoms with Crippen molar-refractivity contribution in [2.24, 2.45) is 0 Å². The summed E-state index contributed by atoms with van der Waals surface area (Å²) in [6, 6.07) is 14.7. The van der Waals surface area contributed by atoms with E-state index in [1.807, 2.05) is 44.2 Å². The zero-order valence-corrected chi connectivity index (χ0v) is 16.4. The van der Waals surface area contributed by atoms with Crippen LogP contribution in [0.2, 0.25) is 5.02 Å². The summed E-state index contributed by atoms with van der Waals surface area (Å²) in [4.78, 5) is 28.9.